The molecule has 0 aliphatic heterocycles. The molecule has 238 valence electrons. The van der Waals surface area contributed by atoms with Crippen LogP contribution in [0.25, 0.3) is 0 Å². The van der Waals surface area contributed by atoms with Crippen LogP contribution in [0.15, 0.2) is 97.1 Å². The molecule has 0 radical (unpaired) electrons. The number of hydrogen-bond acceptors (Lipinski definition) is 7. The monoisotopic (exact) mass is 623 g/mol. The number of aliphatic carboxylic acids is 1. The first-order chi connectivity index (χ1) is 22.1. The Bertz CT molecular complexity index is 1690. The van der Waals surface area contributed by atoms with Crippen LogP contribution in [0.4, 0.5) is 16.2 Å². The van der Waals surface area contributed by atoms with Gasteiger partial charge in [0, 0.05) is 29.9 Å². The SMILES string of the molecule is CC(NC(=O)OCc1ccccc1)c1cccc(NC(=O)CCc2ccc(C(Nc3cccc(C(N)=O)c3)C(=O)O)cc2CN)c1. The Morgan fingerprint density at radius 1 is 0.826 bits per heavy atom. The van der Waals surface area contributed by atoms with Crippen LogP contribution >= 0.6 is 0 Å². The second-order valence-corrected chi connectivity index (χ2v) is 10.7. The van der Waals surface area contributed by atoms with Gasteiger partial charge in [-0.25, -0.2) is 9.59 Å². The Morgan fingerprint density at radius 2 is 1.57 bits per heavy atom. The molecule has 46 heavy (non-hydrogen) atoms. The minimum atomic E-state index is -1.12. The van der Waals surface area contributed by atoms with Crippen LogP contribution in [-0.2, 0) is 33.9 Å². The van der Waals surface area contributed by atoms with Crippen LogP contribution in [0, 0.1) is 0 Å². The van der Waals surface area contributed by atoms with E-state index in [0.717, 1.165) is 16.7 Å². The number of ether oxygens (including phenoxy) is 1. The molecule has 0 aliphatic carbocycles. The molecule has 0 spiro atoms. The Balaban J connectivity index is 1.34. The molecule has 0 saturated carbocycles. The first-order valence-corrected chi connectivity index (χ1v) is 14.7. The molecule has 11 nitrogen and oxygen atoms in total. The van der Waals surface area contributed by atoms with Gasteiger partial charge in [0.15, 0.2) is 6.04 Å². The number of rotatable bonds is 14. The predicted octanol–water partition coefficient (Wildman–Crippen LogP) is 5.04. The van der Waals surface area contributed by atoms with E-state index in [1.54, 1.807) is 54.6 Å². The molecular weight excluding hydrogens is 586 g/mol. The van der Waals surface area contributed by atoms with E-state index in [0.29, 0.717) is 28.9 Å². The maximum Gasteiger partial charge on any atom is 0.407 e. The van der Waals surface area contributed by atoms with E-state index in [9.17, 15) is 24.3 Å². The third-order valence-electron chi connectivity index (χ3n) is 7.33. The molecule has 0 aromatic heterocycles. The highest BCUT2D eigenvalue weighted by atomic mass is 16.5. The van der Waals surface area contributed by atoms with Crippen LogP contribution < -0.4 is 27.4 Å². The standard InChI is InChI=1S/C35H37N5O6/c1-22(38-35(45)46-21-23-7-3-2-4-8-23)25-9-5-11-29(18-25)39-31(41)16-15-24-13-14-26(17-28(24)20-36)32(34(43)44)40-30-12-6-10-27(19-30)33(37)42/h2-14,17-19,22,32,40H,15-16,20-21,36H2,1H3,(H2,37,42)(H,38,45)(H,39,41)(H,43,44). The highest BCUT2D eigenvalue weighted by Crippen LogP contribution is 2.25. The van der Waals surface area contributed by atoms with E-state index in [-0.39, 0.29) is 37.1 Å². The number of carboxylic acids is 1. The second kappa shape index (κ2) is 15.9. The highest BCUT2D eigenvalue weighted by Gasteiger charge is 2.21. The Kier molecular flexibility index (Phi) is 11.5. The third kappa shape index (κ3) is 9.41. The number of alkyl carbamates (subject to hydrolysis) is 1. The zero-order valence-electron chi connectivity index (χ0n) is 25.4. The van der Waals surface area contributed by atoms with Crippen molar-refractivity contribution in [3.05, 3.63) is 130 Å². The number of nitrogens with two attached hydrogens (primary N) is 2. The van der Waals surface area contributed by atoms with Crippen LogP contribution in [0.2, 0.25) is 0 Å². The summed E-state index contributed by atoms with van der Waals surface area (Å²) in [5.74, 6) is -1.95. The highest BCUT2D eigenvalue weighted by molar-refractivity contribution is 5.94. The lowest BCUT2D eigenvalue weighted by Gasteiger charge is -2.19. The minimum Gasteiger partial charge on any atom is -0.479 e. The zero-order valence-corrected chi connectivity index (χ0v) is 25.4. The number of aryl methyl sites for hydroxylation is 1. The van der Waals surface area contributed by atoms with Gasteiger partial charge >= 0.3 is 12.1 Å². The summed E-state index contributed by atoms with van der Waals surface area (Å²) in [6.07, 6.45) is 0.00165. The van der Waals surface area contributed by atoms with E-state index in [2.05, 4.69) is 16.0 Å². The van der Waals surface area contributed by atoms with Crippen molar-refractivity contribution >= 4 is 35.3 Å². The number of anilines is 2. The summed E-state index contributed by atoms with van der Waals surface area (Å²) in [4.78, 5) is 48.8. The van der Waals surface area contributed by atoms with Gasteiger partial charge in [0.25, 0.3) is 0 Å². The Morgan fingerprint density at radius 3 is 2.28 bits per heavy atom. The molecule has 4 rings (SSSR count). The molecule has 0 saturated heterocycles. The summed E-state index contributed by atoms with van der Waals surface area (Å²) in [6, 6.07) is 26.6. The summed E-state index contributed by atoms with van der Waals surface area (Å²) in [7, 11) is 0. The number of primary amides is 1. The molecule has 3 amide bonds. The average Bonchev–Trinajstić information content (AvgIpc) is 3.05. The molecule has 11 heteroatoms. The summed E-state index contributed by atoms with van der Waals surface area (Å²) < 4.78 is 5.30. The number of carboxylic acid groups (broad SMARTS) is 1. The third-order valence-corrected chi connectivity index (χ3v) is 7.33. The Hall–Kier alpha value is -5.68. The van der Waals surface area contributed by atoms with Crippen molar-refractivity contribution in [2.75, 3.05) is 10.6 Å². The second-order valence-electron chi connectivity index (χ2n) is 10.7. The summed E-state index contributed by atoms with van der Waals surface area (Å²) in [6.45, 7) is 2.13. The number of nitrogens with one attached hydrogen (secondary N) is 3. The van der Waals surface area contributed by atoms with Crippen molar-refractivity contribution in [1.82, 2.24) is 5.32 Å². The molecule has 2 unspecified atom stereocenters. The van der Waals surface area contributed by atoms with E-state index in [1.165, 1.54) is 6.07 Å². The van der Waals surface area contributed by atoms with E-state index >= 15 is 0 Å². The zero-order chi connectivity index (χ0) is 33.1. The summed E-state index contributed by atoms with van der Waals surface area (Å²) in [5.41, 5.74) is 16.3. The summed E-state index contributed by atoms with van der Waals surface area (Å²) in [5, 5.41) is 18.5. The summed E-state index contributed by atoms with van der Waals surface area (Å²) >= 11 is 0. The van der Waals surface area contributed by atoms with Gasteiger partial charge in [0.2, 0.25) is 11.8 Å². The van der Waals surface area contributed by atoms with Gasteiger partial charge in [-0.05, 0) is 71.5 Å². The molecule has 0 aliphatic rings. The van der Waals surface area contributed by atoms with Gasteiger partial charge in [0.1, 0.15) is 6.61 Å². The van der Waals surface area contributed by atoms with Gasteiger partial charge in [-0.2, -0.15) is 0 Å². The van der Waals surface area contributed by atoms with Crippen LogP contribution in [0.5, 0.6) is 0 Å². The lowest BCUT2D eigenvalue weighted by molar-refractivity contribution is -0.138. The van der Waals surface area contributed by atoms with Crippen LogP contribution in [0.1, 0.15) is 63.6 Å². The van der Waals surface area contributed by atoms with Gasteiger partial charge < -0.3 is 37.3 Å². The van der Waals surface area contributed by atoms with Crippen molar-refractivity contribution in [2.45, 2.75) is 45.0 Å². The van der Waals surface area contributed by atoms with Crippen molar-refractivity contribution in [1.29, 1.82) is 0 Å². The number of carbonyl (C=O) groups excluding carboxylic acids is 3. The van der Waals surface area contributed by atoms with E-state index < -0.39 is 24.0 Å². The largest absolute Gasteiger partial charge is 0.479 e. The molecule has 0 bridgehead atoms. The first-order valence-electron chi connectivity index (χ1n) is 14.7. The number of hydrogen-bond donors (Lipinski definition) is 6. The number of amides is 3. The smallest absolute Gasteiger partial charge is 0.407 e. The van der Waals surface area contributed by atoms with Gasteiger partial charge in [-0.15, -0.1) is 0 Å². The van der Waals surface area contributed by atoms with Gasteiger partial charge in [-0.3, -0.25) is 9.59 Å². The van der Waals surface area contributed by atoms with E-state index in [4.69, 9.17) is 16.2 Å². The lowest BCUT2D eigenvalue weighted by Crippen LogP contribution is -2.27. The van der Waals surface area contributed by atoms with Crippen molar-refractivity contribution in [3.63, 3.8) is 0 Å². The Labute approximate surface area is 267 Å². The van der Waals surface area contributed by atoms with Crippen LogP contribution in [0.3, 0.4) is 0 Å². The minimum absolute atomic E-state index is 0.148. The molecular formula is C35H37N5O6. The fraction of sp³-hybridized carbons (Fsp3) is 0.200. The predicted molar refractivity (Wildman–Crippen MR) is 175 cm³/mol. The first kappa shape index (κ1) is 33.2. The number of benzene rings is 4. The molecule has 4 aromatic rings. The van der Waals surface area contributed by atoms with E-state index in [1.807, 2.05) is 43.3 Å². The van der Waals surface area contributed by atoms with Crippen molar-refractivity contribution in [3.8, 4) is 0 Å². The van der Waals surface area contributed by atoms with Crippen LogP contribution in [-0.4, -0.2) is 29.0 Å². The molecule has 4 aromatic carbocycles. The van der Waals surface area contributed by atoms with Crippen molar-refractivity contribution in [2.24, 2.45) is 11.5 Å². The molecule has 0 heterocycles. The van der Waals surface area contributed by atoms with Gasteiger partial charge in [-0.1, -0.05) is 66.7 Å². The molecule has 0 fully saturated rings. The normalized spacial score (nSPS) is 12.0. The maximum absolute atomic E-state index is 12.9. The fourth-order valence-corrected chi connectivity index (χ4v) is 4.86. The quantitative estimate of drug-likeness (QED) is 0.113. The van der Waals surface area contributed by atoms with Crippen molar-refractivity contribution < 1.29 is 29.0 Å². The lowest BCUT2D eigenvalue weighted by atomic mass is 9.96. The molecule has 8 N–H and O–H groups in total. The molecule has 2 atom stereocenters. The number of carbonyl (C=O) groups is 4. The maximum atomic E-state index is 12.9. The fourth-order valence-electron chi connectivity index (χ4n) is 4.86. The van der Waals surface area contributed by atoms with Gasteiger partial charge in [0.05, 0.1) is 6.04 Å². The topological polar surface area (TPSA) is 186 Å². The average molecular weight is 624 g/mol.